The summed E-state index contributed by atoms with van der Waals surface area (Å²) in [5.41, 5.74) is 6.02. The Bertz CT molecular complexity index is 419. The molecular formula is C12H17ClN2O2. The zero-order valence-electron chi connectivity index (χ0n) is 10.1. The van der Waals surface area contributed by atoms with Crippen molar-refractivity contribution in [2.24, 2.45) is 16.8 Å². The molecule has 94 valence electrons. The van der Waals surface area contributed by atoms with Gasteiger partial charge >= 0.3 is 0 Å². The van der Waals surface area contributed by atoms with Gasteiger partial charge in [-0.25, -0.2) is 0 Å². The smallest absolute Gasteiger partial charge is 0.170 e. The molecule has 0 spiro atoms. The lowest BCUT2D eigenvalue weighted by molar-refractivity contribution is 0.170. The highest BCUT2D eigenvalue weighted by molar-refractivity contribution is 6.32. The molecule has 5 heteroatoms. The summed E-state index contributed by atoms with van der Waals surface area (Å²) in [6.45, 7) is 6.13. The Balaban J connectivity index is 2.91. The molecule has 0 aliphatic heterocycles. The number of hydrogen-bond donors (Lipinski definition) is 2. The fourth-order valence-corrected chi connectivity index (χ4v) is 1.37. The molecule has 0 amide bonds. The van der Waals surface area contributed by atoms with Gasteiger partial charge in [-0.3, -0.25) is 0 Å². The van der Waals surface area contributed by atoms with Gasteiger partial charge in [-0.2, -0.15) is 0 Å². The number of amidine groups is 1. The molecule has 3 N–H and O–H groups in total. The van der Waals surface area contributed by atoms with Crippen LogP contribution in [0.25, 0.3) is 0 Å². The normalized spacial score (nSPS) is 13.8. The van der Waals surface area contributed by atoms with Gasteiger partial charge in [0.15, 0.2) is 5.84 Å². The molecular weight excluding hydrogens is 240 g/mol. The number of nitrogens with zero attached hydrogens (tertiary/aromatic N) is 1. The molecule has 1 atom stereocenters. The summed E-state index contributed by atoms with van der Waals surface area (Å²) >= 11 is 6.06. The Morgan fingerprint density at radius 1 is 1.41 bits per heavy atom. The van der Waals surface area contributed by atoms with Gasteiger partial charge in [0, 0.05) is 5.56 Å². The molecule has 0 heterocycles. The van der Waals surface area contributed by atoms with Crippen LogP contribution in [0.2, 0.25) is 5.02 Å². The number of hydrogen-bond acceptors (Lipinski definition) is 3. The van der Waals surface area contributed by atoms with Crippen LogP contribution in [0.1, 0.15) is 26.3 Å². The first kappa shape index (κ1) is 13.6. The minimum absolute atomic E-state index is 0.0235. The average molecular weight is 257 g/mol. The summed E-state index contributed by atoms with van der Waals surface area (Å²) in [6, 6.07) is 5.02. The van der Waals surface area contributed by atoms with Gasteiger partial charge in [0.2, 0.25) is 0 Å². The van der Waals surface area contributed by atoms with Crippen molar-refractivity contribution in [1.29, 1.82) is 0 Å². The maximum atomic E-state index is 8.56. The second-order valence-corrected chi connectivity index (χ2v) is 4.60. The van der Waals surface area contributed by atoms with Crippen molar-refractivity contribution in [2.45, 2.75) is 26.9 Å². The van der Waals surface area contributed by atoms with Gasteiger partial charge in [0.1, 0.15) is 5.75 Å². The Morgan fingerprint density at radius 3 is 2.53 bits per heavy atom. The molecule has 0 aliphatic carbocycles. The van der Waals surface area contributed by atoms with Crippen molar-refractivity contribution in [2.75, 3.05) is 0 Å². The van der Waals surface area contributed by atoms with E-state index in [2.05, 4.69) is 19.0 Å². The maximum absolute atomic E-state index is 8.56. The summed E-state index contributed by atoms with van der Waals surface area (Å²) < 4.78 is 5.70. The molecule has 1 aromatic carbocycles. The molecule has 0 fully saturated rings. The first-order valence-electron chi connectivity index (χ1n) is 5.39. The zero-order chi connectivity index (χ0) is 13.0. The van der Waals surface area contributed by atoms with Crippen LogP contribution in [-0.2, 0) is 0 Å². The van der Waals surface area contributed by atoms with E-state index in [1.807, 2.05) is 6.92 Å². The van der Waals surface area contributed by atoms with Crippen LogP contribution < -0.4 is 10.5 Å². The van der Waals surface area contributed by atoms with E-state index in [0.29, 0.717) is 22.3 Å². The van der Waals surface area contributed by atoms with E-state index in [1.165, 1.54) is 0 Å². The highest BCUT2D eigenvalue weighted by Gasteiger charge is 2.12. The quantitative estimate of drug-likeness (QED) is 0.377. The van der Waals surface area contributed by atoms with E-state index in [9.17, 15) is 0 Å². The van der Waals surface area contributed by atoms with Crippen LogP contribution in [0, 0.1) is 5.92 Å². The molecule has 0 aromatic heterocycles. The molecule has 1 unspecified atom stereocenters. The van der Waals surface area contributed by atoms with Gasteiger partial charge in [-0.15, -0.1) is 0 Å². The minimum Gasteiger partial charge on any atom is -0.489 e. The molecule has 0 radical (unpaired) electrons. The van der Waals surface area contributed by atoms with E-state index in [-0.39, 0.29) is 11.9 Å². The van der Waals surface area contributed by atoms with Crippen molar-refractivity contribution in [1.82, 2.24) is 0 Å². The average Bonchev–Trinajstić information content (AvgIpc) is 2.30. The van der Waals surface area contributed by atoms with E-state index in [0.717, 1.165) is 0 Å². The fraction of sp³-hybridized carbons (Fsp3) is 0.417. The third-order valence-electron chi connectivity index (χ3n) is 2.59. The van der Waals surface area contributed by atoms with Gasteiger partial charge in [0.05, 0.1) is 11.1 Å². The van der Waals surface area contributed by atoms with E-state index in [1.54, 1.807) is 18.2 Å². The Kier molecular flexibility index (Phi) is 4.63. The summed E-state index contributed by atoms with van der Waals surface area (Å²) in [6.07, 6.45) is 0.0715. The van der Waals surface area contributed by atoms with E-state index in [4.69, 9.17) is 27.3 Å². The topological polar surface area (TPSA) is 67.8 Å². The van der Waals surface area contributed by atoms with Crippen molar-refractivity contribution in [3.8, 4) is 5.75 Å². The first-order chi connectivity index (χ1) is 7.95. The van der Waals surface area contributed by atoms with Gasteiger partial charge in [0.25, 0.3) is 0 Å². The molecule has 0 bridgehead atoms. The lowest BCUT2D eigenvalue weighted by Gasteiger charge is -2.19. The largest absolute Gasteiger partial charge is 0.489 e. The number of oxime groups is 1. The molecule has 0 aliphatic rings. The van der Waals surface area contributed by atoms with Crippen LogP contribution in [0.4, 0.5) is 0 Å². The third kappa shape index (κ3) is 3.53. The zero-order valence-corrected chi connectivity index (χ0v) is 10.9. The fourth-order valence-electron chi connectivity index (χ4n) is 1.15. The highest BCUT2D eigenvalue weighted by atomic mass is 35.5. The summed E-state index contributed by atoms with van der Waals surface area (Å²) in [7, 11) is 0. The third-order valence-corrected chi connectivity index (χ3v) is 2.88. The van der Waals surface area contributed by atoms with Crippen molar-refractivity contribution in [3.63, 3.8) is 0 Å². The van der Waals surface area contributed by atoms with Crippen LogP contribution >= 0.6 is 11.6 Å². The molecule has 1 rings (SSSR count). The standard InChI is InChI=1S/C12H17ClN2O2/c1-7(2)8(3)17-11-5-4-9(6-10(11)13)12(14)15-16/h4-8,16H,1-3H3,(H2,14,15). The lowest BCUT2D eigenvalue weighted by atomic mass is 10.1. The SMILES string of the molecule is CC(C)C(C)Oc1ccc(C(N)=NO)cc1Cl. The lowest BCUT2D eigenvalue weighted by Crippen LogP contribution is -2.19. The molecule has 1 aromatic rings. The number of halogens is 1. The van der Waals surface area contributed by atoms with Gasteiger partial charge in [-0.1, -0.05) is 30.6 Å². The summed E-state index contributed by atoms with van der Waals surface area (Å²) in [5.74, 6) is 1.02. The van der Waals surface area contributed by atoms with Crippen LogP contribution in [0.3, 0.4) is 0 Å². The second-order valence-electron chi connectivity index (χ2n) is 4.20. The number of nitrogens with two attached hydrogens (primary N) is 1. The van der Waals surface area contributed by atoms with Gasteiger partial charge < -0.3 is 15.7 Å². The molecule has 0 saturated heterocycles. The second kappa shape index (κ2) is 5.77. The predicted octanol–water partition coefficient (Wildman–Crippen LogP) is 2.86. The van der Waals surface area contributed by atoms with Crippen LogP contribution in [0.5, 0.6) is 5.75 Å². The van der Waals surface area contributed by atoms with Crippen LogP contribution in [0.15, 0.2) is 23.4 Å². The van der Waals surface area contributed by atoms with Crippen LogP contribution in [-0.4, -0.2) is 17.1 Å². The van der Waals surface area contributed by atoms with Crippen molar-refractivity contribution in [3.05, 3.63) is 28.8 Å². The van der Waals surface area contributed by atoms with E-state index < -0.39 is 0 Å². The molecule has 4 nitrogen and oxygen atoms in total. The maximum Gasteiger partial charge on any atom is 0.170 e. The van der Waals surface area contributed by atoms with E-state index >= 15 is 0 Å². The van der Waals surface area contributed by atoms with Gasteiger partial charge in [-0.05, 0) is 31.0 Å². The number of ether oxygens (including phenoxy) is 1. The molecule has 17 heavy (non-hydrogen) atoms. The van der Waals surface area contributed by atoms with Crippen molar-refractivity contribution < 1.29 is 9.94 Å². The number of benzene rings is 1. The first-order valence-corrected chi connectivity index (χ1v) is 5.77. The summed E-state index contributed by atoms with van der Waals surface area (Å²) in [4.78, 5) is 0. The number of rotatable bonds is 4. The highest BCUT2D eigenvalue weighted by Crippen LogP contribution is 2.27. The Labute approximate surface area is 106 Å². The monoisotopic (exact) mass is 256 g/mol. The predicted molar refractivity (Wildman–Crippen MR) is 68.9 cm³/mol. The molecule has 0 saturated carbocycles. The Morgan fingerprint density at radius 2 is 2.06 bits per heavy atom. The summed E-state index contributed by atoms with van der Waals surface area (Å²) in [5, 5.41) is 11.9. The Hall–Kier alpha value is -1.42. The minimum atomic E-state index is 0.0235. The van der Waals surface area contributed by atoms with Crippen molar-refractivity contribution >= 4 is 17.4 Å².